The van der Waals surface area contributed by atoms with E-state index in [1.807, 2.05) is 42.5 Å². The second kappa shape index (κ2) is 12.1. The summed E-state index contributed by atoms with van der Waals surface area (Å²) in [4.78, 5) is 0. The Morgan fingerprint density at radius 3 is 2.35 bits per heavy atom. The lowest BCUT2D eigenvalue weighted by molar-refractivity contribution is 0.0600. The zero-order valence-corrected chi connectivity index (χ0v) is 21.5. The Bertz CT molecular complexity index is 974. The predicted molar refractivity (Wildman–Crippen MR) is 135 cm³/mol. The normalized spacial score (nSPS) is 15.5. The number of aliphatic hydroxyl groups excluding tert-OH is 3. The molecule has 5 N–H and O–H groups in total. The fourth-order valence-corrected chi connectivity index (χ4v) is 4.05. The summed E-state index contributed by atoms with van der Waals surface area (Å²) in [6, 6.07) is 13.7. The van der Waals surface area contributed by atoms with Crippen LogP contribution in [0.15, 0.2) is 58.8 Å². The molecule has 8 nitrogen and oxygen atoms in total. The Kier molecular flexibility index (Phi) is 9.47. The van der Waals surface area contributed by atoms with Gasteiger partial charge in [-0.3, -0.25) is 5.01 Å². The van der Waals surface area contributed by atoms with Crippen LogP contribution in [0.25, 0.3) is 0 Å². The van der Waals surface area contributed by atoms with Gasteiger partial charge in [0.05, 0.1) is 29.2 Å². The average Bonchev–Trinajstić information content (AvgIpc) is 3.28. The summed E-state index contributed by atoms with van der Waals surface area (Å²) >= 11 is 9.18. The first-order valence-electron chi connectivity index (χ1n) is 10.9. The molecule has 0 aromatic heterocycles. The highest BCUT2D eigenvalue weighted by molar-refractivity contribution is 9.10. The SMILES string of the molecule is CC(C)(c1ccc(OC[C@H](O)CN2NNC=C2CO)cc1)c1ccc(OC[C@H](O)CCl)c(Br)c1. The molecule has 0 bridgehead atoms. The summed E-state index contributed by atoms with van der Waals surface area (Å²) in [5.74, 6) is 1.43. The lowest BCUT2D eigenvalue weighted by atomic mass is 9.78. The van der Waals surface area contributed by atoms with Crippen LogP contribution in [0.2, 0.25) is 0 Å². The number of aliphatic hydroxyl groups is 3. The van der Waals surface area contributed by atoms with Gasteiger partial charge in [-0.05, 0) is 51.3 Å². The van der Waals surface area contributed by atoms with Crippen LogP contribution >= 0.6 is 27.5 Å². The minimum absolute atomic E-state index is 0.118. The van der Waals surface area contributed by atoms with E-state index < -0.39 is 12.2 Å². The number of hydrazine groups is 2. The zero-order valence-electron chi connectivity index (χ0n) is 19.2. The summed E-state index contributed by atoms with van der Waals surface area (Å²) in [6.45, 7) is 4.65. The molecule has 2 aromatic carbocycles. The molecule has 34 heavy (non-hydrogen) atoms. The fraction of sp³-hybridized carbons (Fsp3) is 0.417. The lowest BCUT2D eigenvalue weighted by Crippen LogP contribution is -2.44. The van der Waals surface area contributed by atoms with Gasteiger partial charge in [0.1, 0.15) is 36.9 Å². The molecule has 1 aliphatic heterocycles. The number of halogens is 2. The van der Waals surface area contributed by atoms with Crippen molar-refractivity contribution in [1.82, 2.24) is 16.0 Å². The number of ether oxygens (including phenoxy) is 2. The number of hydrogen-bond acceptors (Lipinski definition) is 8. The van der Waals surface area contributed by atoms with Crippen molar-refractivity contribution < 1.29 is 24.8 Å². The molecule has 1 aliphatic rings. The van der Waals surface area contributed by atoms with Gasteiger partial charge >= 0.3 is 0 Å². The standard InChI is InChI=1S/C24H31BrClN3O5/c1-24(2,17-5-8-23(22(25)9-17)34-14-19(31)10-26)16-3-6-21(7-4-16)33-15-20(32)12-29-18(13-30)11-27-28-29/h3-9,11,19-20,27-28,30-32H,10,12-15H2,1-2H3/t19-,20-/m1/s1. The Balaban J connectivity index is 1.58. The molecule has 0 amide bonds. The summed E-state index contributed by atoms with van der Waals surface area (Å²) < 4.78 is 12.2. The van der Waals surface area contributed by atoms with Crippen LogP contribution in [0.4, 0.5) is 0 Å². The predicted octanol–water partition coefficient (Wildman–Crippen LogP) is 2.65. The van der Waals surface area contributed by atoms with E-state index in [1.54, 1.807) is 11.2 Å². The highest BCUT2D eigenvalue weighted by Gasteiger charge is 2.24. The number of alkyl halides is 1. The van der Waals surface area contributed by atoms with Crippen molar-refractivity contribution in [3.05, 3.63) is 70.0 Å². The Morgan fingerprint density at radius 2 is 1.71 bits per heavy atom. The van der Waals surface area contributed by atoms with E-state index in [2.05, 4.69) is 40.7 Å². The van der Waals surface area contributed by atoms with Gasteiger partial charge in [-0.15, -0.1) is 17.1 Å². The number of β-amino-alcohol motifs (C(OH)–C–C–N with tert-alkyl or cyclic N) is 1. The van der Waals surface area contributed by atoms with Crippen LogP contribution in [0.3, 0.4) is 0 Å². The quantitative estimate of drug-likeness (QED) is 0.254. The Morgan fingerprint density at radius 1 is 1.03 bits per heavy atom. The summed E-state index contributed by atoms with van der Waals surface area (Å²) in [5.41, 5.74) is 8.17. The van der Waals surface area contributed by atoms with E-state index in [0.29, 0.717) is 17.2 Å². The average molecular weight is 557 g/mol. The van der Waals surface area contributed by atoms with Gasteiger partial charge in [-0.2, -0.15) is 0 Å². The Labute approximate surface area is 213 Å². The van der Waals surface area contributed by atoms with E-state index in [9.17, 15) is 15.3 Å². The maximum absolute atomic E-state index is 10.3. The Hall–Kier alpha value is -2.01. The van der Waals surface area contributed by atoms with Gasteiger partial charge in [-0.1, -0.05) is 32.0 Å². The van der Waals surface area contributed by atoms with Crippen LogP contribution in [0.1, 0.15) is 25.0 Å². The van der Waals surface area contributed by atoms with Crippen LogP contribution < -0.4 is 20.4 Å². The third kappa shape index (κ3) is 6.78. The topological polar surface area (TPSA) is 106 Å². The van der Waals surface area contributed by atoms with Gasteiger partial charge in [0.2, 0.25) is 0 Å². The minimum Gasteiger partial charge on any atom is -0.491 e. The van der Waals surface area contributed by atoms with Gasteiger partial charge in [-0.25, -0.2) is 0 Å². The van der Waals surface area contributed by atoms with Crippen molar-refractivity contribution in [2.24, 2.45) is 0 Å². The highest BCUT2D eigenvalue weighted by Crippen LogP contribution is 2.36. The minimum atomic E-state index is -0.748. The van der Waals surface area contributed by atoms with E-state index >= 15 is 0 Å². The van der Waals surface area contributed by atoms with Crippen molar-refractivity contribution in [2.45, 2.75) is 31.5 Å². The van der Waals surface area contributed by atoms with Gasteiger partial charge < -0.3 is 30.2 Å². The van der Waals surface area contributed by atoms with E-state index in [0.717, 1.165) is 15.6 Å². The van der Waals surface area contributed by atoms with Crippen molar-refractivity contribution in [1.29, 1.82) is 0 Å². The molecule has 0 saturated heterocycles. The van der Waals surface area contributed by atoms with Crippen LogP contribution in [0.5, 0.6) is 11.5 Å². The molecule has 2 atom stereocenters. The summed E-state index contributed by atoms with van der Waals surface area (Å²) in [7, 11) is 0. The van der Waals surface area contributed by atoms with Gasteiger partial charge in [0, 0.05) is 11.6 Å². The van der Waals surface area contributed by atoms with Crippen LogP contribution in [0, 0.1) is 0 Å². The monoisotopic (exact) mass is 555 g/mol. The highest BCUT2D eigenvalue weighted by atomic mass is 79.9. The molecule has 3 rings (SSSR count). The molecule has 1 heterocycles. The van der Waals surface area contributed by atoms with Crippen molar-refractivity contribution in [3.8, 4) is 11.5 Å². The smallest absolute Gasteiger partial charge is 0.133 e. The second-order valence-electron chi connectivity index (χ2n) is 8.54. The lowest BCUT2D eigenvalue weighted by Gasteiger charge is -2.27. The largest absolute Gasteiger partial charge is 0.491 e. The second-order valence-corrected chi connectivity index (χ2v) is 9.70. The first-order chi connectivity index (χ1) is 16.2. The molecular weight excluding hydrogens is 526 g/mol. The summed E-state index contributed by atoms with van der Waals surface area (Å²) in [5, 5.41) is 30.8. The zero-order chi connectivity index (χ0) is 24.7. The third-order valence-electron chi connectivity index (χ3n) is 5.62. The molecule has 2 aromatic rings. The first kappa shape index (κ1) is 26.6. The molecular formula is C24H31BrClN3O5. The molecule has 186 valence electrons. The maximum Gasteiger partial charge on any atom is 0.133 e. The number of benzene rings is 2. The molecule has 0 aliphatic carbocycles. The maximum atomic E-state index is 10.3. The molecule has 0 spiro atoms. The van der Waals surface area contributed by atoms with Gasteiger partial charge in [0.15, 0.2) is 0 Å². The number of hydrogen-bond donors (Lipinski definition) is 5. The van der Waals surface area contributed by atoms with Crippen molar-refractivity contribution >= 4 is 27.5 Å². The molecule has 0 fully saturated rings. The van der Waals surface area contributed by atoms with Crippen molar-refractivity contribution in [2.75, 3.05) is 32.2 Å². The third-order valence-corrected chi connectivity index (χ3v) is 6.60. The summed E-state index contributed by atoms with van der Waals surface area (Å²) in [6.07, 6.45) is 0.177. The number of nitrogens with zero attached hydrogens (tertiary/aromatic N) is 1. The van der Waals surface area contributed by atoms with E-state index in [4.69, 9.17) is 21.1 Å². The van der Waals surface area contributed by atoms with Gasteiger partial charge in [0.25, 0.3) is 0 Å². The van der Waals surface area contributed by atoms with Crippen molar-refractivity contribution in [3.63, 3.8) is 0 Å². The molecule has 0 saturated carbocycles. The van der Waals surface area contributed by atoms with E-state index in [-0.39, 0.29) is 37.7 Å². The number of rotatable bonds is 12. The fourth-order valence-electron chi connectivity index (χ4n) is 3.46. The number of nitrogens with one attached hydrogen (secondary N) is 2. The van der Waals surface area contributed by atoms with Crippen LogP contribution in [-0.4, -0.2) is 64.8 Å². The molecule has 0 radical (unpaired) electrons. The first-order valence-corrected chi connectivity index (χ1v) is 12.2. The van der Waals surface area contributed by atoms with Crippen LogP contribution in [-0.2, 0) is 5.41 Å². The van der Waals surface area contributed by atoms with E-state index in [1.165, 1.54) is 0 Å². The molecule has 0 unspecified atom stereocenters. The molecule has 10 heteroatoms.